The van der Waals surface area contributed by atoms with Crippen molar-refractivity contribution in [2.45, 2.75) is 25.4 Å². The summed E-state index contributed by atoms with van der Waals surface area (Å²) < 4.78 is 13.3. The number of hydrogen-bond donors (Lipinski definition) is 0. The molecule has 2 aromatic rings. The highest BCUT2D eigenvalue weighted by molar-refractivity contribution is 5.94. The maximum atomic E-state index is 13.3. The molecule has 0 atom stereocenters. The van der Waals surface area contributed by atoms with E-state index in [0.717, 1.165) is 18.4 Å². The fraction of sp³-hybridized carbons (Fsp3) is 0.235. The van der Waals surface area contributed by atoms with Crippen molar-refractivity contribution in [1.82, 2.24) is 4.90 Å². The van der Waals surface area contributed by atoms with Gasteiger partial charge in [0.2, 0.25) is 0 Å². The molecule has 2 aromatic carbocycles. The van der Waals surface area contributed by atoms with E-state index in [9.17, 15) is 19.3 Å². The average Bonchev–Trinajstić information content (AvgIpc) is 3.37. The van der Waals surface area contributed by atoms with E-state index in [-0.39, 0.29) is 23.5 Å². The first-order chi connectivity index (χ1) is 11.0. The minimum Gasteiger partial charge on any atom is -0.331 e. The number of carbonyl (C=O) groups excluding carboxylic acids is 1. The first kappa shape index (κ1) is 15.1. The van der Waals surface area contributed by atoms with E-state index in [1.165, 1.54) is 36.4 Å². The molecule has 0 aliphatic heterocycles. The summed E-state index contributed by atoms with van der Waals surface area (Å²) in [6.07, 6.45) is 1.85. The van der Waals surface area contributed by atoms with Gasteiger partial charge in [0.05, 0.1) is 4.92 Å². The summed E-state index contributed by atoms with van der Waals surface area (Å²) >= 11 is 0. The lowest BCUT2D eigenvalue weighted by atomic mass is 10.1. The number of hydrogen-bond acceptors (Lipinski definition) is 3. The van der Waals surface area contributed by atoms with E-state index in [4.69, 9.17) is 0 Å². The van der Waals surface area contributed by atoms with E-state index in [1.807, 2.05) is 0 Å². The highest BCUT2D eigenvalue weighted by atomic mass is 19.1. The number of carbonyl (C=O) groups is 1. The first-order valence-corrected chi connectivity index (χ1v) is 7.34. The summed E-state index contributed by atoms with van der Waals surface area (Å²) in [6, 6.07) is 11.9. The Labute approximate surface area is 132 Å². The predicted octanol–water partition coefficient (Wildman–Crippen LogP) is 3.54. The van der Waals surface area contributed by atoms with Gasteiger partial charge in [-0.05, 0) is 42.7 Å². The minimum absolute atomic E-state index is 0.0512. The van der Waals surface area contributed by atoms with Crippen LogP contribution in [0.3, 0.4) is 0 Å². The number of nitrogens with zero attached hydrogens (tertiary/aromatic N) is 2. The lowest BCUT2D eigenvalue weighted by Gasteiger charge is -2.22. The second kappa shape index (κ2) is 6.16. The van der Waals surface area contributed by atoms with Crippen LogP contribution in [0.1, 0.15) is 28.8 Å². The highest BCUT2D eigenvalue weighted by Gasteiger charge is 2.33. The van der Waals surface area contributed by atoms with Crippen LogP contribution in [0.2, 0.25) is 0 Å². The van der Waals surface area contributed by atoms with Crippen LogP contribution in [0.25, 0.3) is 0 Å². The largest absolute Gasteiger partial charge is 0.331 e. The molecule has 6 heteroatoms. The number of benzene rings is 2. The fourth-order valence-electron chi connectivity index (χ4n) is 2.48. The molecule has 0 aromatic heterocycles. The number of rotatable bonds is 5. The topological polar surface area (TPSA) is 63.4 Å². The Morgan fingerprint density at radius 1 is 1.22 bits per heavy atom. The van der Waals surface area contributed by atoms with Crippen molar-refractivity contribution in [3.63, 3.8) is 0 Å². The zero-order valence-electron chi connectivity index (χ0n) is 12.3. The first-order valence-electron chi connectivity index (χ1n) is 7.34. The molecule has 0 saturated heterocycles. The van der Waals surface area contributed by atoms with E-state index in [1.54, 1.807) is 17.0 Å². The molecule has 0 bridgehead atoms. The van der Waals surface area contributed by atoms with Crippen molar-refractivity contribution in [1.29, 1.82) is 0 Å². The van der Waals surface area contributed by atoms with Gasteiger partial charge in [-0.3, -0.25) is 14.9 Å². The molecule has 0 heterocycles. The Morgan fingerprint density at radius 2 is 1.91 bits per heavy atom. The standard InChI is InChI=1S/C17H15FN2O3/c18-14-3-1-2-12(10-14)11-19(15-8-9-15)17(21)13-4-6-16(7-5-13)20(22)23/h1-7,10,15H,8-9,11H2. The van der Waals surface area contributed by atoms with Gasteiger partial charge >= 0.3 is 0 Å². The van der Waals surface area contributed by atoms with Crippen LogP contribution in [-0.4, -0.2) is 21.8 Å². The van der Waals surface area contributed by atoms with Crippen LogP contribution in [-0.2, 0) is 6.54 Å². The molecule has 5 nitrogen and oxygen atoms in total. The van der Waals surface area contributed by atoms with Gasteiger partial charge < -0.3 is 4.90 Å². The molecule has 23 heavy (non-hydrogen) atoms. The molecule has 1 aliphatic rings. The molecular formula is C17H15FN2O3. The maximum absolute atomic E-state index is 13.3. The number of halogens is 1. The number of nitro benzene ring substituents is 1. The molecule has 0 spiro atoms. The second-order valence-corrected chi connectivity index (χ2v) is 5.60. The fourth-order valence-corrected chi connectivity index (χ4v) is 2.48. The molecule has 0 N–H and O–H groups in total. The molecular weight excluding hydrogens is 299 g/mol. The van der Waals surface area contributed by atoms with E-state index in [0.29, 0.717) is 12.1 Å². The maximum Gasteiger partial charge on any atom is 0.269 e. The number of amides is 1. The van der Waals surface area contributed by atoms with Gasteiger partial charge in [-0.25, -0.2) is 4.39 Å². The third kappa shape index (κ3) is 3.53. The van der Waals surface area contributed by atoms with Gasteiger partial charge in [-0.15, -0.1) is 0 Å². The summed E-state index contributed by atoms with van der Waals surface area (Å²) in [6.45, 7) is 0.332. The summed E-state index contributed by atoms with van der Waals surface area (Å²) in [5, 5.41) is 10.7. The minimum atomic E-state index is -0.500. The molecule has 118 valence electrons. The zero-order valence-corrected chi connectivity index (χ0v) is 12.3. The van der Waals surface area contributed by atoms with Crippen LogP contribution in [0.5, 0.6) is 0 Å². The van der Waals surface area contributed by atoms with Gasteiger partial charge in [0.25, 0.3) is 11.6 Å². The normalized spacial score (nSPS) is 13.6. The number of nitro groups is 1. The SMILES string of the molecule is O=C(c1ccc([N+](=O)[O-])cc1)N(Cc1cccc(F)c1)C1CC1. The second-order valence-electron chi connectivity index (χ2n) is 5.60. The quantitative estimate of drug-likeness (QED) is 0.626. The highest BCUT2D eigenvalue weighted by Crippen LogP contribution is 2.30. The Hall–Kier alpha value is -2.76. The van der Waals surface area contributed by atoms with Gasteiger partial charge in [-0.1, -0.05) is 12.1 Å². The lowest BCUT2D eigenvalue weighted by Crippen LogP contribution is -2.32. The van der Waals surface area contributed by atoms with Gasteiger partial charge in [0, 0.05) is 30.3 Å². The lowest BCUT2D eigenvalue weighted by molar-refractivity contribution is -0.384. The van der Waals surface area contributed by atoms with Gasteiger partial charge in [0.1, 0.15) is 5.82 Å². The van der Waals surface area contributed by atoms with Gasteiger partial charge in [-0.2, -0.15) is 0 Å². The van der Waals surface area contributed by atoms with Crippen molar-refractivity contribution in [2.24, 2.45) is 0 Å². The molecule has 1 aliphatic carbocycles. The Balaban J connectivity index is 1.80. The smallest absolute Gasteiger partial charge is 0.269 e. The van der Waals surface area contributed by atoms with Gasteiger partial charge in [0.15, 0.2) is 0 Å². The van der Waals surface area contributed by atoms with Crippen LogP contribution in [0.4, 0.5) is 10.1 Å². The summed E-state index contributed by atoms with van der Waals surface area (Å²) in [5.41, 5.74) is 1.08. The van der Waals surface area contributed by atoms with E-state index >= 15 is 0 Å². The third-order valence-corrected chi connectivity index (χ3v) is 3.82. The Bertz CT molecular complexity index is 742. The number of non-ortho nitro benzene ring substituents is 1. The molecule has 0 unspecified atom stereocenters. The van der Waals surface area contributed by atoms with Crippen molar-refractivity contribution < 1.29 is 14.1 Å². The van der Waals surface area contributed by atoms with Crippen molar-refractivity contribution in [2.75, 3.05) is 0 Å². The zero-order chi connectivity index (χ0) is 16.4. The van der Waals surface area contributed by atoms with Crippen molar-refractivity contribution >= 4 is 11.6 Å². The molecule has 3 rings (SSSR count). The van der Waals surface area contributed by atoms with Crippen LogP contribution in [0, 0.1) is 15.9 Å². The summed E-state index contributed by atoms with van der Waals surface area (Å²) in [5.74, 6) is -0.521. The van der Waals surface area contributed by atoms with Crippen LogP contribution < -0.4 is 0 Å². The third-order valence-electron chi connectivity index (χ3n) is 3.82. The summed E-state index contributed by atoms with van der Waals surface area (Å²) in [7, 11) is 0. The molecule has 1 saturated carbocycles. The monoisotopic (exact) mass is 314 g/mol. The van der Waals surface area contributed by atoms with E-state index in [2.05, 4.69) is 0 Å². The van der Waals surface area contributed by atoms with Crippen LogP contribution in [0.15, 0.2) is 48.5 Å². The van der Waals surface area contributed by atoms with Crippen molar-refractivity contribution in [3.05, 3.63) is 75.6 Å². The molecule has 1 fully saturated rings. The molecule has 1 amide bonds. The summed E-state index contributed by atoms with van der Waals surface area (Å²) in [4.78, 5) is 24.5. The van der Waals surface area contributed by atoms with Crippen molar-refractivity contribution in [3.8, 4) is 0 Å². The van der Waals surface area contributed by atoms with Crippen LogP contribution >= 0.6 is 0 Å². The average molecular weight is 314 g/mol. The van der Waals surface area contributed by atoms with E-state index < -0.39 is 4.92 Å². The Kier molecular flexibility index (Phi) is 4.06. The molecule has 0 radical (unpaired) electrons. The Morgan fingerprint density at radius 3 is 2.48 bits per heavy atom. The predicted molar refractivity (Wildman–Crippen MR) is 82.4 cm³/mol.